The molecule has 4 heteroatoms. The number of rotatable bonds is 1. The fraction of sp³-hybridized carbons (Fsp3) is 0. The zero-order valence-corrected chi connectivity index (χ0v) is 8.83. The second kappa shape index (κ2) is 3.66. The first-order valence-electron chi connectivity index (χ1n) is 3.62. The molecule has 1 heterocycles. The van der Waals surface area contributed by atoms with E-state index in [0.717, 1.165) is 10.6 Å². The van der Waals surface area contributed by atoms with E-state index < -0.39 is 0 Å². The Morgan fingerprint density at radius 1 is 1.23 bits per heavy atom. The number of nitrogens with zero attached hydrogens (tertiary/aromatic N) is 1. The van der Waals surface area contributed by atoms with Crippen LogP contribution in [0.15, 0.2) is 29.8 Å². The summed E-state index contributed by atoms with van der Waals surface area (Å²) in [5, 5.41) is 4.16. The van der Waals surface area contributed by atoms with Crippen LogP contribution in [0.2, 0.25) is 10.0 Å². The molecular weight excluding hydrogens is 225 g/mol. The summed E-state index contributed by atoms with van der Waals surface area (Å²) in [6.07, 6.45) is 1.75. The highest BCUT2D eigenvalue weighted by Crippen LogP contribution is 2.31. The Labute approximate surface area is 90.0 Å². The van der Waals surface area contributed by atoms with E-state index in [1.54, 1.807) is 29.7 Å². The van der Waals surface area contributed by atoms with Crippen LogP contribution < -0.4 is 0 Å². The fourth-order valence-electron chi connectivity index (χ4n) is 1.02. The predicted octanol–water partition coefficient (Wildman–Crippen LogP) is 4.12. The van der Waals surface area contributed by atoms with Gasteiger partial charge in [-0.3, -0.25) is 0 Å². The molecule has 2 aromatic rings. The number of hydrogen-bond acceptors (Lipinski definition) is 2. The first-order chi connectivity index (χ1) is 6.27. The molecule has 0 aliphatic rings. The Balaban J connectivity index is 2.57. The van der Waals surface area contributed by atoms with Gasteiger partial charge in [-0.1, -0.05) is 23.2 Å². The highest BCUT2D eigenvalue weighted by Gasteiger charge is 2.05. The summed E-state index contributed by atoms with van der Waals surface area (Å²) in [6.45, 7) is 0. The van der Waals surface area contributed by atoms with Gasteiger partial charge in [0.1, 0.15) is 5.01 Å². The van der Waals surface area contributed by atoms with Crippen LogP contribution in [-0.2, 0) is 0 Å². The molecule has 0 fully saturated rings. The first-order valence-corrected chi connectivity index (χ1v) is 5.26. The largest absolute Gasteiger partial charge is 0.244 e. The van der Waals surface area contributed by atoms with Crippen molar-refractivity contribution in [3.63, 3.8) is 0 Å². The van der Waals surface area contributed by atoms with Crippen molar-refractivity contribution in [3.05, 3.63) is 39.8 Å². The number of benzene rings is 1. The van der Waals surface area contributed by atoms with Crippen LogP contribution in [0.1, 0.15) is 0 Å². The van der Waals surface area contributed by atoms with Crippen molar-refractivity contribution < 1.29 is 0 Å². The van der Waals surface area contributed by atoms with Gasteiger partial charge in [-0.2, -0.15) is 0 Å². The zero-order valence-electron chi connectivity index (χ0n) is 6.50. The van der Waals surface area contributed by atoms with Crippen LogP contribution in [0.25, 0.3) is 10.6 Å². The molecule has 0 radical (unpaired) electrons. The van der Waals surface area contributed by atoms with Crippen LogP contribution >= 0.6 is 34.5 Å². The van der Waals surface area contributed by atoms with Gasteiger partial charge >= 0.3 is 0 Å². The van der Waals surface area contributed by atoms with Gasteiger partial charge in [0.2, 0.25) is 0 Å². The maximum atomic E-state index is 6.00. The van der Waals surface area contributed by atoms with Crippen molar-refractivity contribution in [1.29, 1.82) is 0 Å². The molecule has 13 heavy (non-hydrogen) atoms. The van der Waals surface area contributed by atoms with E-state index in [0.29, 0.717) is 10.0 Å². The van der Waals surface area contributed by atoms with E-state index in [2.05, 4.69) is 4.98 Å². The molecule has 1 nitrogen and oxygen atoms in total. The smallest absolute Gasteiger partial charge is 0.124 e. The quantitative estimate of drug-likeness (QED) is 0.718. The summed E-state index contributed by atoms with van der Waals surface area (Å²) in [5.41, 5.74) is 0.893. The Bertz CT molecular complexity index is 412. The lowest BCUT2D eigenvalue weighted by molar-refractivity contribution is 1.41. The summed E-state index contributed by atoms with van der Waals surface area (Å²) in [4.78, 5) is 4.16. The minimum Gasteiger partial charge on any atom is -0.244 e. The maximum Gasteiger partial charge on any atom is 0.124 e. The molecule has 66 valence electrons. The van der Waals surface area contributed by atoms with Gasteiger partial charge in [0.05, 0.1) is 5.02 Å². The van der Waals surface area contributed by atoms with E-state index >= 15 is 0 Å². The second-order valence-electron chi connectivity index (χ2n) is 2.46. The van der Waals surface area contributed by atoms with Gasteiger partial charge in [-0.25, -0.2) is 4.98 Å². The van der Waals surface area contributed by atoms with E-state index in [9.17, 15) is 0 Å². The fourth-order valence-corrected chi connectivity index (χ4v) is 2.12. The molecule has 0 atom stereocenters. The first kappa shape index (κ1) is 9.00. The van der Waals surface area contributed by atoms with E-state index in [1.807, 2.05) is 11.4 Å². The lowest BCUT2D eigenvalue weighted by atomic mass is 10.2. The molecule has 1 aromatic heterocycles. The average Bonchev–Trinajstić information content (AvgIpc) is 2.61. The van der Waals surface area contributed by atoms with E-state index in [1.165, 1.54) is 0 Å². The summed E-state index contributed by atoms with van der Waals surface area (Å²) < 4.78 is 0. The van der Waals surface area contributed by atoms with Crippen molar-refractivity contribution in [2.75, 3.05) is 0 Å². The highest BCUT2D eigenvalue weighted by molar-refractivity contribution is 7.13. The van der Waals surface area contributed by atoms with E-state index in [4.69, 9.17) is 23.2 Å². The van der Waals surface area contributed by atoms with Crippen molar-refractivity contribution in [2.45, 2.75) is 0 Å². The standard InChI is InChI=1S/C9H5Cl2NS/c10-6-1-2-8(11)7(5-6)9-12-3-4-13-9/h1-5H. The molecule has 0 aliphatic carbocycles. The maximum absolute atomic E-state index is 6.00. The molecule has 0 unspecified atom stereocenters. The Morgan fingerprint density at radius 3 is 2.77 bits per heavy atom. The second-order valence-corrected chi connectivity index (χ2v) is 4.20. The van der Waals surface area contributed by atoms with Gasteiger partial charge in [0.25, 0.3) is 0 Å². The van der Waals surface area contributed by atoms with Crippen molar-refractivity contribution in [3.8, 4) is 10.6 Å². The normalized spacial score (nSPS) is 10.3. The molecule has 0 aliphatic heterocycles. The zero-order chi connectivity index (χ0) is 9.26. The molecule has 0 N–H and O–H groups in total. The van der Waals surface area contributed by atoms with Gasteiger partial charge in [0, 0.05) is 22.2 Å². The Kier molecular flexibility index (Phi) is 2.54. The van der Waals surface area contributed by atoms with Gasteiger partial charge in [-0.15, -0.1) is 11.3 Å². The summed E-state index contributed by atoms with van der Waals surface area (Å²) in [5.74, 6) is 0. The number of thiazole rings is 1. The van der Waals surface area contributed by atoms with Gasteiger partial charge < -0.3 is 0 Å². The van der Waals surface area contributed by atoms with Crippen LogP contribution in [-0.4, -0.2) is 4.98 Å². The Hall–Kier alpha value is -0.570. The number of halogens is 2. The lowest BCUT2D eigenvalue weighted by Gasteiger charge is -1.99. The summed E-state index contributed by atoms with van der Waals surface area (Å²) in [6, 6.07) is 5.37. The molecule has 2 rings (SSSR count). The molecule has 0 spiro atoms. The SMILES string of the molecule is Clc1ccc(Cl)c(-c2nccs2)c1. The van der Waals surface area contributed by atoms with Crippen molar-refractivity contribution in [2.24, 2.45) is 0 Å². The van der Waals surface area contributed by atoms with Crippen molar-refractivity contribution >= 4 is 34.5 Å². The third kappa shape index (κ3) is 1.85. The lowest BCUT2D eigenvalue weighted by Crippen LogP contribution is -1.77. The molecule has 0 saturated heterocycles. The van der Waals surface area contributed by atoms with Crippen LogP contribution in [0.5, 0.6) is 0 Å². The third-order valence-corrected chi connectivity index (χ3v) is 2.96. The molecule has 0 amide bonds. The number of hydrogen-bond donors (Lipinski definition) is 0. The molecule has 0 saturated carbocycles. The number of aromatic nitrogens is 1. The van der Waals surface area contributed by atoms with Crippen LogP contribution in [0, 0.1) is 0 Å². The monoisotopic (exact) mass is 229 g/mol. The molecular formula is C9H5Cl2NS. The van der Waals surface area contributed by atoms with Crippen molar-refractivity contribution in [1.82, 2.24) is 4.98 Å². The highest BCUT2D eigenvalue weighted by atomic mass is 35.5. The Morgan fingerprint density at radius 2 is 2.08 bits per heavy atom. The summed E-state index contributed by atoms with van der Waals surface area (Å²) >= 11 is 13.4. The average molecular weight is 230 g/mol. The topological polar surface area (TPSA) is 12.9 Å². The predicted molar refractivity (Wildman–Crippen MR) is 57.6 cm³/mol. The summed E-state index contributed by atoms with van der Waals surface area (Å²) in [7, 11) is 0. The minimum absolute atomic E-state index is 0.676. The third-order valence-electron chi connectivity index (χ3n) is 1.59. The molecule has 1 aromatic carbocycles. The minimum atomic E-state index is 0.676. The molecule has 0 bridgehead atoms. The van der Waals surface area contributed by atoms with Gasteiger partial charge in [0.15, 0.2) is 0 Å². The van der Waals surface area contributed by atoms with E-state index in [-0.39, 0.29) is 0 Å². The van der Waals surface area contributed by atoms with Crippen LogP contribution in [0.3, 0.4) is 0 Å². The van der Waals surface area contributed by atoms with Gasteiger partial charge in [-0.05, 0) is 18.2 Å². The van der Waals surface area contributed by atoms with Crippen LogP contribution in [0.4, 0.5) is 0 Å².